The van der Waals surface area contributed by atoms with Crippen molar-refractivity contribution in [1.82, 2.24) is 25.5 Å². The molecule has 2 aromatic rings. The van der Waals surface area contributed by atoms with Crippen molar-refractivity contribution in [3.63, 3.8) is 0 Å². The Kier molecular flexibility index (Phi) is 5.16. The number of aromatic nitrogens is 4. The number of H-pyrrole nitrogens is 1. The van der Waals surface area contributed by atoms with Gasteiger partial charge in [-0.2, -0.15) is 5.10 Å². The Morgan fingerprint density at radius 2 is 2.17 bits per heavy atom. The molecule has 0 fully saturated rings. The first-order valence-corrected chi connectivity index (χ1v) is 8.33. The maximum Gasteiger partial charge on any atom is 0.263 e. The van der Waals surface area contributed by atoms with Crippen LogP contribution < -0.4 is 5.32 Å². The zero-order chi connectivity index (χ0) is 17.2. The summed E-state index contributed by atoms with van der Waals surface area (Å²) in [6, 6.07) is 0. The van der Waals surface area contributed by atoms with Crippen LogP contribution in [0.5, 0.6) is 0 Å². The number of amides is 1. The molecule has 23 heavy (non-hydrogen) atoms. The third-order valence-corrected chi connectivity index (χ3v) is 4.92. The highest BCUT2D eigenvalue weighted by Gasteiger charge is 2.31. The minimum absolute atomic E-state index is 0.130. The highest BCUT2D eigenvalue weighted by Crippen LogP contribution is 2.27. The van der Waals surface area contributed by atoms with Crippen LogP contribution in [0.4, 0.5) is 0 Å². The zero-order valence-corrected chi connectivity index (χ0v) is 14.9. The van der Waals surface area contributed by atoms with E-state index in [1.165, 1.54) is 17.7 Å². The van der Waals surface area contributed by atoms with Gasteiger partial charge in [0.15, 0.2) is 10.8 Å². The van der Waals surface area contributed by atoms with E-state index in [-0.39, 0.29) is 11.8 Å². The minimum atomic E-state index is -0.491. The highest BCUT2D eigenvalue weighted by molar-refractivity contribution is 7.17. The van der Waals surface area contributed by atoms with Gasteiger partial charge in [0.25, 0.3) is 5.91 Å². The summed E-state index contributed by atoms with van der Waals surface area (Å²) in [5, 5.41) is 20.3. The van der Waals surface area contributed by atoms with Gasteiger partial charge in [-0.25, -0.2) is 9.97 Å². The lowest BCUT2D eigenvalue weighted by atomic mass is 9.80. The maximum atomic E-state index is 12.4. The fourth-order valence-electron chi connectivity index (χ4n) is 2.41. The Balaban J connectivity index is 2.07. The molecule has 2 rings (SSSR count). The second kappa shape index (κ2) is 6.76. The topological polar surface area (TPSA) is 104 Å². The Morgan fingerprint density at radius 1 is 1.48 bits per heavy atom. The van der Waals surface area contributed by atoms with E-state index in [0.717, 1.165) is 0 Å². The molecular formula is C15H23N5O2S. The van der Waals surface area contributed by atoms with E-state index < -0.39 is 11.5 Å². The zero-order valence-electron chi connectivity index (χ0n) is 14.0. The van der Waals surface area contributed by atoms with Crippen LogP contribution in [0.2, 0.25) is 0 Å². The van der Waals surface area contributed by atoms with Gasteiger partial charge < -0.3 is 10.4 Å². The summed E-state index contributed by atoms with van der Waals surface area (Å²) in [5.41, 5.74) is 0.247. The van der Waals surface area contributed by atoms with Gasteiger partial charge in [-0.3, -0.25) is 9.89 Å². The van der Waals surface area contributed by atoms with E-state index in [1.54, 1.807) is 6.92 Å². The van der Waals surface area contributed by atoms with Crippen molar-refractivity contribution in [3.8, 4) is 10.8 Å². The summed E-state index contributed by atoms with van der Waals surface area (Å²) in [4.78, 5) is 21.4. The molecule has 8 heteroatoms. The molecule has 2 heterocycles. The van der Waals surface area contributed by atoms with Crippen LogP contribution in [0.3, 0.4) is 0 Å². The second-order valence-electron chi connectivity index (χ2n) is 6.63. The van der Waals surface area contributed by atoms with Crippen LogP contribution in [0.15, 0.2) is 6.33 Å². The van der Waals surface area contributed by atoms with Gasteiger partial charge in [0.2, 0.25) is 0 Å². The summed E-state index contributed by atoms with van der Waals surface area (Å²) in [6.45, 7) is 9.99. The number of nitrogens with zero attached hydrogens (tertiary/aromatic N) is 3. The highest BCUT2D eigenvalue weighted by atomic mass is 32.1. The minimum Gasteiger partial charge on any atom is -0.392 e. The van der Waals surface area contributed by atoms with Crippen molar-refractivity contribution in [2.24, 2.45) is 11.3 Å². The number of rotatable bonds is 6. The molecule has 1 unspecified atom stereocenters. The number of carbonyl (C=O) groups is 1. The molecule has 0 spiro atoms. The molecule has 1 atom stereocenters. The number of hydrogen-bond acceptors (Lipinski definition) is 6. The Morgan fingerprint density at radius 3 is 2.74 bits per heavy atom. The van der Waals surface area contributed by atoms with E-state index in [4.69, 9.17) is 0 Å². The number of nitrogens with one attached hydrogen (secondary N) is 2. The van der Waals surface area contributed by atoms with Crippen LogP contribution in [0.25, 0.3) is 10.8 Å². The van der Waals surface area contributed by atoms with E-state index in [2.05, 4.69) is 25.5 Å². The summed E-state index contributed by atoms with van der Waals surface area (Å²) >= 11 is 1.27. The SMILES string of the molecule is Cc1nc(-c2ncn[nH]2)sc1C(=O)NCC(C)(C)C(O)C(C)C. The normalized spacial score (nSPS) is 13.3. The fourth-order valence-corrected chi connectivity index (χ4v) is 3.34. The van der Waals surface area contributed by atoms with Crippen molar-refractivity contribution in [2.75, 3.05) is 6.54 Å². The first kappa shape index (κ1) is 17.6. The Labute approximate surface area is 139 Å². The van der Waals surface area contributed by atoms with Gasteiger partial charge >= 0.3 is 0 Å². The average Bonchev–Trinajstić information content (AvgIpc) is 3.13. The third kappa shape index (κ3) is 3.94. The third-order valence-electron chi connectivity index (χ3n) is 3.76. The monoisotopic (exact) mass is 337 g/mol. The Hall–Kier alpha value is -1.80. The van der Waals surface area contributed by atoms with E-state index in [1.807, 2.05) is 27.7 Å². The summed E-state index contributed by atoms with van der Waals surface area (Å²) in [7, 11) is 0. The molecule has 0 aliphatic rings. The van der Waals surface area contributed by atoms with Crippen molar-refractivity contribution < 1.29 is 9.90 Å². The van der Waals surface area contributed by atoms with Crippen LogP contribution in [-0.4, -0.2) is 43.8 Å². The van der Waals surface area contributed by atoms with Crippen molar-refractivity contribution in [2.45, 2.75) is 40.7 Å². The number of aliphatic hydroxyl groups excluding tert-OH is 1. The smallest absolute Gasteiger partial charge is 0.263 e. The molecule has 126 valence electrons. The maximum absolute atomic E-state index is 12.4. The fraction of sp³-hybridized carbons (Fsp3) is 0.600. The summed E-state index contributed by atoms with van der Waals surface area (Å²) < 4.78 is 0. The number of carbonyl (C=O) groups excluding carboxylic acids is 1. The number of hydrogen-bond donors (Lipinski definition) is 3. The van der Waals surface area contributed by atoms with Gasteiger partial charge in [-0.1, -0.05) is 27.7 Å². The second-order valence-corrected chi connectivity index (χ2v) is 7.63. The van der Waals surface area contributed by atoms with Crippen molar-refractivity contribution >= 4 is 17.2 Å². The molecule has 0 aliphatic carbocycles. The van der Waals surface area contributed by atoms with Gasteiger partial charge in [-0.05, 0) is 12.8 Å². The predicted molar refractivity (Wildman–Crippen MR) is 89.2 cm³/mol. The number of aryl methyl sites for hydroxylation is 1. The molecule has 1 amide bonds. The lowest BCUT2D eigenvalue weighted by Gasteiger charge is -2.33. The standard InChI is InChI=1S/C15H23N5O2S/c1-8(2)11(21)15(4,5)6-16-13(22)10-9(3)19-14(23-10)12-17-7-18-20-12/h7-8,11,21H,6H2,1-5H3,(H,16,22)(H,17,18,20). The van der Waals surface area contributed by atoms with Crippen LogP contribution >= 0.6 is 11.3 Å². The van der Waals surface area contributed by atoms with Crippen LogP contribution in [-0.2, 0) is 0 Å². The molecule has 0 aromatic carbocycles. The quantitative estimate of drug-likeness (QED) is 0.748. The molecule has 0 aliphatic heterocycles. The first-order valence-electron chi connectivity index (χ1n) is 7.52. The molecular weight excluding hydrogens is 314 g/mol. The van der Waals surface area contributed by atoms with Crippen LogP contribution in [0.1, 0.15) is 43.1 Å². The molecule has 0 saturated heterocycles. The van der Waals surface area contributed by atoms with Gasteiger partial charge in [0.1, 0.15) is 11.2 Å². The first-order chi connectivity index (χ1) is 10.7. The lowest BCUT2D eigenvalue weighted by Crippen LogP contribution is -2.43. The van der Waals surface area contributed by atoms with Crippen molar-refractivity contribution in [1.29, 1.82) is 0 Å². The van der Waals surface area contributed by atoms with Crippen molar-refractivity contribution in [3.05, 3.63) is 16.9 Å². The van der Waals surface area contributed by atoms with Gasteiger partial charge in [0, 0.05) is 12.0 Å². The lowest BCUT2D eigenvalue weighted by molar-refractivity contribution is 0.0138. The molecule has 0 saturated carbocycles. The summed E-state index contributed by atoms with van der Waals surface area (Å²) in [5.74, 6) is 0.493. The molecule has 7 nitrogen and oxygen atoms in total. The van der Waals surface area contributed by atoms with Crippen LogP contribution in [0, 0.1) is 18.3 Å². The molecule has 0 bridgehead atoms. The van der Waals surface area contributed by atoms with Gasteiger partial charge in [0.05, 0.1) is 11.8 Å². The van der Waals surface area contributed by atoms with E-state index >= 15 is 0 Å². The number of aromatic amines is 1. The number of thiazole rings is 1. The van der Waals surface area contributed by atoms with E-state index in [9.17, 15) is 9.90 Å². The summed E-state index contributed by atoms with van der Waals surface area (Å²) in [6.07, 6.45) is 0.914. The number of aliphatic hydroxyl groups is 1. The predicted octanol–water partition coefficient (Wildman–Crippen LogP) is 2.01. The van der Waals surface area contributed by atoms with Gasteiger partial charge in [-0.15, -0.1) is 11.3 Å². The average molecular weight is 337 g/mol. The molecule has 0 radical (unpaired) electrons. The molecule has 3 N–H and O–H groups in total. The van der Waals surface area contributed by atoms with E-state index in [0.29, 0.717) is 27.9 Å². The Bertz CT molecular complexity index is 663. The largest absolute Gasteiger partial charge is 0.392 e. The molecule has 2 aromatic heterocycles.